The Kier molecular flexibility index (Phi) is 7.48. The summed E-state index contributed by atoms with van der Waals surface area (Å²) < 4.78 is 43.8. The van der Waals surface area contributed by atoms with Crippen molar-refractivity contribution in [1.82, 2.24) is 10.3 Å². The molecule has 0 aliphatic carbocycles. The van der Waals surface area contributed by atoms with Crippen molar-refractivity contribution in [3.8, 4) is 6.07 Å². The molecule has 0 spiro atoms. The van der Waals surface area contributed by atoms with Crippen molar-refractivity contribution in [2.75, 3.05) is 11.9 Å². The molecule has 1 atom stereocenters. The number of aromatic nitrogens is 1. The molecular formula is C24H19F3N4O3. The fourth-order valence-electron chi connectivity index (χ4n) is 3.38. The van der Waals surface area contributed by atoms with Gasteiger partial charge in [-0.25, -0.2) is 14.7 Å². The van der Waals surface area contributed by atoms with Gasteiger partial charge in [-0.05, 0) is 29.7 Å². The zero-order valence-electron chi connectivity index (χ0n) is 17.7. The molecule has 174 valence electrons. The third-order valence-corrected chi connectivity index (χ3v) is 5.10. The second-order valence-electron chi connectivity index (χ2n) is 7.22. The molecule has 7 nitrogen and oxygen atoms in total. The fraction of sp³-hybridized carbons (Fsp3) is 0.167. The second-order valence-corrected chi connectivity index (χ2v) is 7.22. The number of halogens is 3. The lowest BCUT2D eigenvalue weighted by atomic mass is 9.82. The first-order valence-corrected chi connectivity index (χ1v) is 10.1. The highest BCUT2D eigenvalue weighted by Crippen LogP contribution is 2.42. The molecule has 2 aromatic carbocycles. The van der Waals surface area contributed by atoms with Gasteiger partial charge in [-0.15, -0.1) is 0 Å². The highest BCUT2D eigenvalue weighted by atomic mass is 19.3. The number of rotatable bonds is 9. The number of anilines is 1. The smallest absolute Gasteiger partial charge is 0.353 e. The lowest BCUT2D eigenvalue weighted by Gasteiger charge is -2.38. The lowest BCUT2D eigenvalue weighted by Crippen LogP contribution is -2.64. The van der Waals surface area contributed by atoms with Crippen molar-refractivity contribution in [1.29, 1.82) is 5.26 Å². The molecule has 3 rings (SSSR count). The van der Waals surface area contributed by atoms with E-state index in [4.69, 9.17) is 5.26 Å². The van der Waals surface area contributed by atoms with Crippen LogP contribution in [0, 0.1) is 11.3 Å². The van der Waals surface area contributed by atoms with E-state index in [9.17, 15) is 14.1 Å². The molecule has 1 amide bonds. The van der Waals surface area contributed by atoms with Crippen LogP contribution in [-0.4, -0.2) is 29.3 Å². The Bertz CT molecular complexity index is 1170. The van der Waals surface area contributed by atoms with E-state index >= 15 is 8.78 Å². The van der Waals surface area contributed by atoms with Crippen molar-refractivity contribution in [2.45, 2.75) is 17.9 Å². The van der Waals surface area contributed by atoms with E-state index < -0.39 is 23.3 Å². The number of alkyl halides is 2. The van der Waals surface area contributed by atoms with Gasteiger partial charge in [0, 0.05) is 17.3 Å². The molecular weight excluding hydrogens is 449 g/mol. The average Bonchev–Trinajstić information content (AvgIpc) is 2.88. The highest BCUT2D eigenvalue weighted by Gasteiger charge is 2.67. The number of nitrogens with zero attached hydrogens (tertiary/aromatic N) is 2. The maximum absolute atomic E-state index is 15.5. The summed E-state index contributed by atoms with van der Waals surface area (Å²) >= 11 is 0. The van der Waals surface area contributed by atoms with E-state index in [1.165, 1.54) is 42.5 Å². The first kappa shape index (κ1) is 24.3. The number of pyridine rings is 1. The van der Waals surface area contributed by atoms with Crippen LogP contribution in [0.3, 0.4) is 0 Å². The standard InChI is InChI=1S/C24H19F3N4O3/c25-24(26,22(33)34-27)23(19-9-5-2-6-10-19,31-20-12-11-18(15-28)16-30-20)21(32)29-14-13-17-7-3-1-4-8-17/h1-12,16H,13-14H2,(H,29,32)(H,30,31). The van der Waals surface area contributed by atoms with E-state index in [1.807, 2.05) is 6.07 Å². The summed E-state index contributed by atoms with van der Waals surface area (Å²) in [5.41, 5.74) is -2.49. The van der Waals surface area contributed by atoms with E-state index in [-0.39, 0.29) is 23.5 Å². The van der Waals surface area contributed by atoms with Crippen LogP contribution >= 0.6 is 0 Å². The predicted octanol–water partition coefficient (Wildman–Crippen LogP) is 3.68. The summed E-state index contributed by atoms with van der Waals surface area (Å²) in [5, 5.41) is 13.7. The van der Waals surface area contributed by atoms with Gasteiger partial charge in [0.1, 0.15) is 11.9 Å². The molecule has 1 aromatic heterocycles. The maximum atomic E-state index is 15.5. The van der Waals surface area contributed by atoms with Crippen LogP contribution in [0.5, 0.6) is 0 Å². The SMILES string of the molecule is N#Cc1ccc(NC(C(=O)NCCc2ccccc2)(c2ccccc2)C(F)(F)C(=O)OF)nc1. The minimum Gasteiger partial charge on any atom is -0.353 e. The van der Waals surface area contributed by atoms with Gasteiger partial charge in [0.05, 0.1) is 5.56 Å². The molecule has 0 aliphatic heterocycles. The molecule has 1 unspecified atom stereocenters. The third-order valence-electron chi connectivity index (χ3n) is 5.10. The zero-order valence-corrected chi connectivity index (χ0v) is 17.7. The molecule has 0 aliphatic rings. The average molecular weight is 468 g/mol. The van der Waals surface area contributed by atoms with Crippen LogP contribution in [0.2, 0.25) is 0 Å². The molecule has 0 radical (unpaired) electrons. The minimum atomic E-state index is -4.71. The molecule has 2 N–H and O–H groups in total. The van der Waals surface area contributed by atoms with Crippen LogP contribution in [0.4, 0.5) is 19.1 Å². The minimum absolute atomic E-state index is 0.0549. The quantitative estimate of drug-likeness (QED) is 0.497. The molecule has 34 heavy (non-hydrogen) atoms. The van der Waals surface area contributed by atoms with Crippen molar-refractivity contribution in [2.24, 2.45) is 0 Å². The zero-order chi connectivity index (χ0) is 24.6. The number of nitrogens with one attached hydrogen (secondary N) is 2. The highest BCUT2D eigenvalue weighted by molar-refractivity contribution is 5.98. The summed E-state index contributed by atoms with van der Waals surface area (Å²) in [6.07, 6.45) is 1.41. The van der Waals surface area contributed by atoms with Gasteiger partial charge in [0.15, 0.2) is 0 Å². The van der Waals surface area contributed by atoms with E-state index in [2.05, 4.69) is 20.6 Å². The second kappa shape index (κ2) is 10.5. The summed E-state index contributed by atoms with van der Waals surface area (Å²) in [5.74, 6) is -8.84. The number of benzene rings is 2. The van der Waals surface area contributed by atoms with Crippen molar-refractivity contribution in [3.05, 3.63) is 95.7 Å². The van der Waals surface area contributed by atoms with Gasteiger partial charge >= 0.3 is 11.9 Å². The van der Waals surface area contributed by atoms with Crippen LogP contribution < -0.4 is 10.6 Å². The molecule has 10 heteroatoms. The Morgan fingerprint density at radius 2 is 1.65 bits per heavy atom. The van der Waals surface area contributed by atoms with Gasteiger partial charge in [-0.2, -0.15) is 14.0 Å². The Labute approximate surface area is 193 Å². The van der Waals surface area contributed by atoms with Gasteiger partial charge in [-0.1, -0.05) is 60.7 Å². The largest absolute Gasteiger partial charge is 0.421 e. The fourth-order valence-corrected chi connectivity index (χ4v) is 3.38. The number of carbonyl (C=O) groups is 2. The van der Waals surface area contributed by atoms with Crippen LogP contribution in [0.25, 0.3) is 0 Å². The first-order valence-electron chi connectivity index (χ1n) is 10.1. The molecule has 3 aromatic rings. The van der Waals surface area contributed by atoms with Crippen molar-refractivity contribution in [3.63, 3.8) is 0 Å². The van der Waals surface area contributed by atoms with Crippen molar-refractivity contribution >= 4 is 17.7 Å². The lowest BCUT2D eigenvalue weighted by molar-refractivity contribution is -0.220. The van der Waals surface area contributed by atoms with E-state index in [0.717, 1.165) is 11.8 Å². The summed E-state index contributed by atoms with van der Waals surface area (Å²) in [4.78, 5) is 32.0. The number of hydrogen-bond acceptors (Lipinski definition) is 6. The summed E-state index contributed by atoms with van der Waals surface area (Å²) in [7, 11) is 0. The third kappa shape index (κ3) is 4.83. The summed E-state index contributed by atoms with van der Waals surface area (Å²) in [6, 6.07) is 19.9. The first-order chi connectivity index (χ1) is 16.3. The Morgan fingerprint density at radius 3 is 2.21 bits per heavy atom. The number of nitriles is 1. The normalized spacial score (nSPS) is 12.6. The van der Waals surface area contributed by atoms with Crippen LogP contribution in [0.1, 0.15) is 16.7 Å². The summed E-state index contributed by atoms with van der Waals surface area (Å²) in [6.45, 7) is -0.0549. The maximum Gasteiger partial charge on any atom is 0.421 e. The van der Waals surface area contributed by atoms with Gasteiger partial charge in [0.2, 0.25) is 5.54 Å². The monoisotopic (exact) mass is 468 g/mol. The number of hydrogen-bond donors (Lipinski definition) is 2. The molecule has 0 saturated carbocycles. The number of amides is 1. The van der Waals surface area contributed by atoms with E-state index in [0.29, 0.717) is 6.42 Å². The Hall–Kier alpha value is -4.39. The molecule has 0 bridgehead atoms. The predicted molar refractivity (Wildman–Crippen MR) is 116 cm³/mol. The molecule has 1 heterocycles. The van der Waals surface area contributed by atoms with E-state index in [1.54, 1.807) is 30.3 Å². The van der Waals surface area contributed by atoms with Gasteiger partial charge in [-0.3, -0.25) is 4.79 Å². The Balaban J connectivity index is 2.06. The van der Waals surface area contributed by atoms with Gasteiger partial charge in [0.25, 0.3) is 5.91 Å². The molecule has 0 fully saturated rings. The van der Waals surface area contributed by atoms with Crippen LogP contribution in [-0.2, 0) is 26.5 Å². The Morgan fingerprint density at radius 1 is 1.00 bits per heavy atom. The van der Waals surface area contributed by atoms with Crippen molar-refractivity contribution < 1.29 is 27.8 Å². The number of carbonyl (C=O) groups excluding carboxylic acids is 2. The topological polar surface area (TPSA) is 104 Å². The van der Waals surface area contributed by atoms with Gasteiger partial charge < -0.3 is 10.6 Å². The molecule has 0 saturated heterocycles. The van der Waals surface area contributed by atoms with Crippen LogP contribution in [0.15, 0.2) is 79.0 Å².